The Morgan fingerprint density at radius 3 is 2.76 bits per heavy atom. The largest absolute Gasteiger partial charge is 0.389 e. The lowest BCUT2D eigenvalue weighted by Crippen LogP contribution is -2.41. The third-order valence-corrected chi connectivity index (χ3v) is 4.56. The van der Waals surface area contributed by atoms with Crippen LogP contribution >= 0.6 is 0 Å². The molecule has 1 heterocycles. The maximum absolute atomic E-state index is 14.2. The van der Waals surface area contributed by atoms with Gasteiger partial charge in [0.1, 0.15) is 18.2 Å². The molecule has 1 unspecified atom stereocenters. The molecule has 25 heavy (non-hydrogen) atoms. The molecule has 1 aromatic heterocycles. The van der Waals surface area contributed by atoms with E-state index in [-0.39, 0.29) is 30.6 Å². The number of benzene rings is 1. The molecule has 134 valence electrons. The molecule has 8 heteroatoms. The van der Waals surface area contributed by atoms with Gasteiger partial charge < -0.3 is 10.0 Å². The van der Waals surface area contributed by atoms with E-state index in [4.69, 9.17) is 0 Å². The van der Waals surface area contributed by atoms with E-state index >= 15 is 0 Å². The van der Waals surface area contributed by atoms with Crippen LogP contribution in [0.15, 0.2) is 36.7 Å². The SMILES string of the molecule is O=[N+]([O-])c1cnn(CC(O)CN(c2ccccc2F)C2CCCC2)c1. The van der Waals surface area contributed by atoms with Crippen LogP contribution in [0.2, 0.25) is 0 Å². The van der Waals surface area contributed by atoms with E-state index in [0.29, 0.717) is 5.69 Å². The fourth-order valence-corrected chi connectivity index (χ4v) is 3.39. The van der Waals surface area contributed by atoms with Gasteiger partial charge in [-0.2, -0.15) is 5.10 Å². The van der Waals surface area contributed by atoms with Gasteiger partial charge in [0.2, 0.25) is 0 Å². The van der Waals surface area contributed by atoms with Gasteiger partial charge in [0.25, 0.3) is 0 Å². The van der Waals surface area contributed by atoms with Crippen molar-refractivity contribution in [3.63, 3.8) is 0 Å². The lowest BCUT2D eigenvalue weighted by atomic mass is 10.1. The summed E-state index contributed by atoms with van der Waals surface area (Å²) in [5.74, 6) is -0.309. The second kappa shape index (κ2) is 7.60. The van der Waals surface area contributed by atoms with E-state index in [0.717, 1.165) is 31.9 Å². The molecule has 1 fully saturated rings. The maximum Gasteiger partial charge on any atom is 0.306 e. The van der Waals surface area contributed by atoms with Crippen molar-refractivity contribution in [3.05, 3.63) is 52.6 Å². The zero-order valence-corrected chi connectivity index (χ0v) is 13.8. The zero-order valence-electron chi connectivity index (χ0n) is 13.8. The molecule has 1 aromatic carbocycles. The summed E-state index contributed by atoms with van der Waals surface area (Å²) in [5, 5.41) is 25.0. The van der Waals surface area contributed by atoms with Crippen LogP contribution in [0.25, 0.3) is 0 Å². The molecule has 1 aliphatic rings. The molecule has 0 radical (unpaired) electrons. The van der Waals surface area contributed by atoms with Crippen LogP contribution in [0.3, 0.4) is 0 Å². The van der Waals surface area contributed by atoms with Gasteiger partial charge in [-0.05, 0) is 25.0 Å². The first-order valence-corrected chi connectivity index (χ1v) is 8.40. The van der Waals surface area contributed by atoms with Crippen LogP contribution in [-0.2, 0) is 6.54 Å². The Bertz CT molecular complexity index is 730. The Hall–Kier alpha value is -2.48. The first-order chi connectivity index (χ1) is 12.0. The number of hydrogen-bond acceptors (Lipinski definition) is 5. The number of hydrogen-bond donors (Lipinski definition) is 1. The molecular formula is C17H21FN4O3. The molecule has 1 saturated carbocycles. The smallest absolute Gasteiger partial charge is 0.306 e. The van der Waals surface area contributed by atoms with Crippen molar-refractivity contribution >= 4 is 11.4 Å². The Kier molecular flexibility index (Phi) is 5.28. The number of rotatable bonds is 7. The summed E-state index contributed by atoms with van der Waals surface area (Å²) in [7, 11) is 0. The number of nitrogens with zero attached hydrogens (tertiary/aromatic N) is 4. The highest BCUT2D eigenvalue weighted by Gasteiger charge is 2.26. The fourth-order valence-electron chi connectivity index (χ4n) is 3.39. The molecule has 1 aliphatic carbocycles. The molecule has 0 amide bonds. The Balaban J connectivity index is 1.72. The molecule has 3 rings (SSSR count). The van der Waals surface area contributed by atoms with Crippen molar-refractivity contribution in [2.75, 3.05) is 11.4 Å². The summed E-state index contributed by atoms with van der Waals surface area (Å²) in [5.41, 5.74) is 0.369. The first-order valence-electron chi connectivity index (χ1n) is 8.40. The number of anilines is 1. The molecule has 1 atom stereocenters. The normalized spacial score (nSPS) is 16.1. The second-order valence-electron chi connectivity index (χ2n) is 6.37. The highest BCUT2D eigenvalue weighted by atomic mass is 19.1. The maximum atomic E-state index is 14.2. The predicted molar refractivity (Wildman–Crippen MR) is 90.9 cm³/mol. The molecule has 0 aliphatic heterocycles. The highest BCUT2D eigenvalue weighted by Crippen LogP contribution is 2.30. The van der Waals surface area contributed by atoms with Crippen molar-refractivity contribution in [2.45, 2.75) is 44.4 Å². The van der Waals surface area contributed by atoms with E-state index in [2.05, 4.69) is 5.10 Å². The van der Waals surface area contributed by atoms with Crippen LogP contribution < -0.4 is 4.90 Å². The number of nitro groups is 1. The van der Waals surface area contributed by atoms with Gasteiger partial charge in [0.05, 0.1) is 23.3 Å². The number of aromatic nitrogens is 2. The Morgan fingerprint density at radius 2 is 2.12 bits per heavy atom. The third-order valence-electron chi connectivity index (χ3n) is 4.56. The van der Waals surface area contributed by atoms with Gasteiger partial charge in [-0.1, -0.05) is 25.0 Å². The van der Waals surface area contributed by atoms with Gasteiger partial charge in [-0.25, -0.2) is 4.39 Å². The Labute approximate surface area is 144 Å². The summed E-state index contributed by atoms with van der Waals surface area (Å²) in [4.78, 5) is 12.1. The third kappa shape index (κ3) is 4.14. The van der Waals surface area contributed by atoms with E-state index in [1.54, 1.807) is 18.2 Å². The molecule has 0 bridgehead atoms. The van der Waals surface area contributed by atoms with E-state index in [1.165, 1.54) is 16.9 Å². The quantitative estimate of drug-likeness (QED) is 0.614. The molecule has 2 aromatic rings. The van der Waals surface area contributed by atoms with Crippen molar-refractivity contribution in [1.82, 2.24) is 9.78 Å². The Morgan fingerprint density at radius 1 is 1.40 bits per heavy atom. The van der Waals surface area contributed by atoms with Gasteiger partial charge >= 0.3 is 5.69 Å². The molecule has 0 spiro atoms. The minimum absolute atomic E-state index is 0.117. The summed E-state index contributed by atoms with van der Waals surface area (Å²) in [6.07, 6.45) is 5.74. The van der Waals surface area contributed by atoms with Crippen LogP contribution in [0.4, 0.5) is 15.8 Å². The zero-order chi connectivity index (χ0) is 17.8. The predicted octanol–water partition coefficient (Wildman–Crippen LogP) is 2.74. The van der Waals surface area contributed by atoms with E-state index in [9.17, 15) is 19.6 Å². The highest BCUT2D eigenvalue weighted by molar-refractivity contribution is 5.49. The second-order valence-corrected chi connectivity index (χ2v) is 6.37. The average molecular weight is 348 g/mol. The summed E-state index contributed by atoms with van der Waals surface area (Å²) in [6, 6.07) is 6.76. The standard InChI is InChI=1S/C17H21FN4O3/c18-16-7-3-4-8-17(16)21(13-5-1-2-6-13)12-15(23)11-20-10-14(9-19-20)22(24)25/h3-4,7-10,13,15,23H,1-2,5-6,11-12H2. The summed E-state index contributed by atoms with van der Waals surface area (Å²) < 4.78 is 15.6. The minimum atomic E-state index is -0.820. The van der Waals surface area contributed by atoms with Crippen LogP contribution in [0, 0.1) is 15.9 Å². The van der Waals surface area contributed by atoms with Crippen molar-refractivity contribution < 1.29 is 14.4 Å². The minimum Gasteiger partial charge on any atom is -0.389 e. The molecule has 1 N–H and O–H groups in total. The van der Waals surface area contributed by atoms with Crippen LogP contribution in [-0.4, -0.2) is 38.5 Å². The lowest BCUT2D eigenvalue weighted by Gasteiger charge is -2.33. The topological polar surface area (TPSA) is 84.4 Å². The molecule has 0 saturated heterocycles. The van der Waals surface area contributed by atoms with Gasteiger partial charge in [-0.3, -0.25) is 14.8 Å². The number of aliphatic hydroxyl groups is 1. The monoisotopic (exact) mass is 348 g/mol. The van der Waals surface area contributed by atoms with Gasteiger partial charge in [-0.15, -0.1) is 0 Å². The van der Waals surface area contributed by atoms with E-state index in [1.807, 2.05) is 4.90 Å². The average Bonchev–Trinajstić information content (AvgIpc) is 3.25. The van der Waals surface area contributed by atoms with Crippen molar-refractivity contribution in [1.29, 1.82) is 0 Å². The van der Waals surface area contributed by atoms with Crippen molar-refractivity contribution in [2.24, 2.45) is 0 Å². The lowest BCUT2D eigenvalue weighted by molar-refractivity contribution is -0.385. The molecule has 7 nitrogen and oxygen atoms in total. The summed E-state index contributed by atoms with van der Waals surface area (Å²) >= 11 is 0. The molecular weight excluding hydrogens is 327 g/mol. The van der Waals surface area contributed by atoms with Crippen LogP contribution in [0.5, 0.6) is 0 Å². The number of aliphatic hydroxyl groups excluding tert-OH is 1. The first kappa shape index (κ1) is 17.3. The van der Waals surface area contributed by atoms with Crippen LogP contribution in [0.1, 0.15) is 25.7 Å². The van der Waals surface area contributed by atoms with Crippen molar-refractivity contribution in [3.8, 4) is 0 Å². The van der Waals surface area contributed by atoms with Gasteiger partial charge in [0, 0.05) is 12.6 Å². The van der Waals surface area contributed by atoms with Gasteiger partial charge in [0.15, 0.2) is 0 Å². The van der Waals surface area contributed by atoms with E-state index < -0.39 is 11.0 Å². The fraction of sp³-hybridized carbons (Fsp3) is 0.471. The number of halogens is 1. The number of para-hydroxylation sites is 1. The summed E-state index contributed by atoms with van der Waals surface area (Å²) in [6.45, 7) is 0.366.